The Balaban J connectivity index is 1.58. The van der Waals surface area contributed by atoms with Crippen LogP contribution in [-0.2, 0) is 31.8 Å². The van der Waals surface area contributed by atoms with E-state index in [0.717, 1.165) is 0 Å². The normalized spacial score (nSPS) is 24.4. The molecule has 2 aromatic heterocycles. The van der Waals surface area contributed by atoms with Crippen molar-refractivity contribution >= 4 is 40.2 Å². The molecule has 0 aliphatic carbocycles. The van der Waals surface area contributed by atoms with E-state index in [-0.39, 0.29) is 18.8 Å². The third-order valence-electron chi connectivity index (χ3n) is 3.55. The Bertz CT molecular complexity index is 1040. The minimum Gasteiger partial charge on any atom is -0.382 e. The first-order valence-electron chi connectivity index (χ1n) is 7.64. The number of phosphoric acid groups is 2. The van der Waals surface area contributed by atoms with Crippen LogP contribution in [0.5, 0.6) is 0 Å². The smallest absolute Gasteiger partial charge is 0.382 e. The number of hydrogen-bond acceptors (Lipinski definition) is 11. The van der Waals surface area contributed by atoms with Crippen LogP contribution in [0, 0.1) is 0 Å². The van der Waals surface area contributed by atoms with Crippen LogP contribution in [0.1, 0.15) is 12.6 Å². The molecule has 3 rings (SSSR count). The number of ether oxygens (including phenoxy) is 2. The van der Waals surface area contributed by atoms with Crippen molar-refractivity contribution in [3.05, 3.63) is 12.7 Å². The number of rotatable bonds is 8. The molecule has 3 heterocycles. The molecular weight excluding hydrogens is 459 g/mol. The van der Waals surface area contributed by atoms with E-state index in [1.54, 1.807) is 4.57 Å². The van der Waals surface area contributed by atoms with Crippen LogP contribution in [-0.4, -0.2) is 58.2 Å². The van der Waals surface area contributed by atoms with Gasteiger partial charge in [-0.2, -0.15) is 4.31 Å². The predicted molar refractivity (Wildman–Crippen MR) is 92.9 cm³/mol. The molecule has 1 saturated heterocycles. The van der Waals surface area contributed by atoms with Crippen molar-refractivity contribution in [3.63, 3.8) is 0 Å². The molecular formula is C10H16N5O11P3. The van der Waals surface area contributed by atoms with Crippen LogP contribution in [0.15, 0.2) is 12.7 Å². The average Bonchev–Trinajstić information content (AvgIpc) is 3.16. The maximum absolute atomic E-state index is 11.9. The summed E-state index contributed by atoms with van der Waals surface area (Å²) in [5, 5.41) is 0. The Hall–Kier alpha value is -1.28. The fourth-order valence-electron chi connectivity index (χ4n) is 2.50. The Morgan fingerprint density at radius 3 is 2.59 bits per heavy atom. The molecule has 2 unspecified atom stereocenters. The van der Waals surface area contributed by atoms with E-state index in [0.29, 0.717) is 11.2 Å². The monoisotopic (exact) mass is 475 g/mol. The zero-order valence-electron chi connectivity index (χ0n) is 14.3. The van der Waals surface area contributed by atoms with Gasteiger partial charge in [0, 0.05) is 6.42 Å². The van der Waals surface area contributed by atoms with Gasteiger partial charge in [-0.25, -0.2) is 28.4 Å². The quantitative estimate of drug-likeness (QED) is 0.318. The van der Waals surface area contributed by atoms with Crippen LogP contribution < -0.4 is 5.73 Å². The van der Waals surface area contributed by atoms with Crippen LogP contribution >= 0.6 is 23.2 Å². The lowest BCUT2D eigenvalue weighted by Crippen LogP contribution is -2.14. The Morgan fingerprint density at radius 2 is 1.90 bits per heavy atom. The summed E-state index contributed by atoms with van der Waals surface area (Å²) in [6.07, 6.45) is 0.546. The van der Waals surface area contributed by atoms with Gasteiger partial charge in [-0.3, -0.25) is 9.13 Å². The Labute approximate surface area is 162 Å². The molecule has 0 spiro atoms. The van der Waals surface area contributed by atoms with Gasteiger partial charge in [0.2, 0.25) is 0 Å². The van der Waals surface area contributed by atoms with Crippen molar-refractivity contribution in [1.82, 2.24) is 19.5 Å². The molecule has 19 heteroatoms. The largest absolute Gasteiger partial charge is 0.488 e. The zero-order chi connectivity index (χ0) is 21.4. The number of hydrogen-bond donors (Lipinski definition) is 5. The molecule has 1 fully saturated rings. The van der Waals surface area contributed by atoms with Crippen LogP contribution in [0.25, 0.3) is 11.2 Å². The number of anilines is 1. The van der Waals surface area contributed by atoms with Crippen molar-refractivity contribution in [1.29, 1.82) is 0 Å². The molecule has 0 saturated carbocycles. The number of nitrogens with zero attached hydrogens (tertiary/aromatic N) is 4. The van der Waals surface area contributed by atoms with Gasteiger partial charge in [0.15, 0.2) is 11.5 Å². The number of aromatic nitrogens is 4. The number of fused-ring (bicyclic) bond motifs is 1. The third-order valence-corrected chi connectivity index (χ3v) is 7.55. The highest BCUT2D eigenvalue weighted by atomic mass is 31.3. The van der Waals surface area contributed by atoms with Crippen molar-refractivity contribution in [2.75, 3.05) is 18.7 Å². The fraction of sp³-hybridized carbons (Fsp3) is 0.500. The topological polar surface area (TPSA) is 239 Å². The summed E-state index contributed by atoms with van der Waals surface area (Å²) < 4.78 is 53.5. The molecule has 1 aliphatic heterocycles. The Morgan fingerprint density at radius 1 is 1.17 bits per heavy atom. The molecule has 0 bridgehead atoms. The zero-order valence-corrected chi connectivity index (χ0v) is 17.0. The maximum Gasteiger partial charge on any atom is 0.488 e. The summed E-state index contributed by atoms with van der Waals surface area (Å²) in [5.74, 6) is 0.184. The van der Waals surface area contributed by atoms with Gasteiger partial charge in [-0.15, -0.1) is 0 Å². The predicted octanol–water partition coefficient (Wildman–Crippen LogP) is 0.0818. The lowest BCUT2D eigenvalue weighted by molar-refractivity contribution is 0.0358. The van der Waals surface area contributed by atoms with Gasteiger partial charge < -0.3 is 34.8 Å². The van der Waals surface area contributed by atoms with E-state index in [1.165, 1.54) is 12.7 Å². The second kappa shape index (κ2) is 8.10. The maximum atomic E-state index is 11.9. The highest BCUT2D eigenvalue weighted by molar-refractivity contribution is 7.68. The van der Waals surface area contributed by atoms with Crippen molar-refractivity contribution in [3.8, 4) is 0 Å². The Kier molecular flexibility index (Phi) is 6.26. The van der Waals surface area contributed by atoms with Crippen LogP contribution in [0.4, 0.5) is 5.82 Å². The van der Waals surface area contributed by atoms with E-state index in [2.05, 4.69) is 23.6 Å². The first kappa shape index (κ1) is 22.4. The summed E-state index contributed by atoms with van der Waals surface area (Å²) in [4.78, 5) is 47.7. The van der Waals surface area contributed by atoms with Gasteiger partial charge >= 0.3 is 23.2 Å². The standard InChI is InChI=1S/C10H16N5O11P3/c11-9-8-10(13-3-12-9)15(4-14-8)7-1-6(2-23-7)24-5-27(16,17)25-29(21,22)26-28(18,19)20/h3-4,6-7H,1-2,5H2,(H,16,17)(H,21,22)(H2,11,12,13)(H2,18,19,20)/t6-,7-/m1/s1. The summed E-state index contributed by atoms with van der Waals surface area (Å²) in [5.41, 5.74) is 6.50. The van der Waals surface area contributed by atoms with E-state index in [4.69, 9.17) is 29.9 Å². The first-order valence-corrected chi connectivity index (χ1v) is 12.4. The molecule has 162 valence electrons. The SMILES string of the molecule is Nc1ncnc2c1ncn2[C@H]1C[C@@H](OCP(=O)(O)OP(=O)(O)OP(=O)(O)O)CO1. The van der Waals surface area contributed by atoms with Crippen LogP contribution in [0.2, 0.25) is 0 Å². The lowest BCUT2D eigenvalue weighted by atomic mass is 10.3. The minimum absolute atomic E-state index is 0.000668. The summed E-state index contributed by atoms with van der Waals surface area (Å²) in [6.45, 7) is 0.000668. The average molecular weight is 475 g/mol. The first-order chi connectivity index (χ1) is 13.4. The van der Waals surface area contributed by atoms with Crippen LogP contribution in [0.3, 0.4) is 0 Å². The highest BCUT2D eigenvalue weighted by Crippen LogP contribution is 2.66. The highest BCUT2D eigenvalue weighted by Gasteiger charge is 2.40. The number of nitrogen functional groups attached to an aromatic ring is 1. The van der Waals surface area contributed by atoms with Gasteiger partial charge in [0.1, 0.15) is 24.4 Å². The molecule has 16 nitrogen and oxygen atoms in total. The minimum atomic E-state index is -5.51. The van der Waals surface area contributed by atoms with E-state index in [1.807, 2.05) is 0 Å². The molecule has 1 aliphatic rings. The number of nitrogens with two attached hydrogens (primary N) is 1. The molecule has 0 radical (unpaired) electrons. The van der Waals surface area contributed by atoms with Gasteiger partial charge in [-0.05, 0) is 0 Å². The van der Waals surface area contributed by atoms with Crippen molar-refractivity contribution in [2.45, 2.75) is 18.8 Å². The fourth-order valence-corrected chi connectivity index (χ4v) is 5.84. The molecule has 2 aromatic rings. The van der Waals surface area contributed by atoms with Crippen molar-refractivity contribution < 1.29 is 51.4 Å². The molecule has 4 atom stereocenters. The molecule has 0 amide bonds. The lowest BCUT2D eigenvalue weighted by Gasteiger charge is -2.18. The molecule has 6 N–H and O–H groups in total. The second-order valence-electron chi connectivity index (χ2n) is 5.78. The summed E-state index contributed by atoms with van der Waals surface area (Å²) in [7, 11) is -15.8. The van der Waals surface area contributed by atoms with Gasteiger partial charge in [0.05, 0.1) is 19.0 Å². The van der Waals surface area contributed by atoms with E-state index < -0.39 is 41.9 Å². The number of imidazole rings is 1. The van der Waals surface area contributed by atoms with E-state index in [9.17, 15) is 18.6 Å². The van der Waals surface area contributed by atoms with Gasteiger partial charge in [0.25, 0.3) is 0 Å². The second-order valence-corrected chi connectivity index (χ2v) is 10.5. The third kappa shape index (κ3) is 5.87. The van der Waals surface area contributed by atoms with Crippen molar-refractivity contribution in [2.24, 2.45) is 0 Å². The van der Waals surface area contributed by atoms with E-state index >= 15 is 0 Å². The summed E-state index contributed by atoms with van der Waals surface area (Å²) >= 11 is 0. The summed E-state index contributed by atoms with van der Waals surface area (Å²) in [6, 6.07) is 0. The molecule has 29 heavy (non-hydrogen) atoms. The molecule has 0 aromatic carbocycles. The van der Waals surface area contributed by atoms with Gasteiger partial charge in [-0.1, -0.05) is 0 Å².